The van der Waals surface area contributed by atoms with Crippen molar-refractivity contribution in [3.05, 3.63) is 35.4 Å². The van der Waals surface area contributed by atoms with E-state index < -0.39 is 0 Å². The number of hydrogen-bond donors (Lipinski definition) is 2. The van der Waals surface area contributed by atoms with Gasteiger partial charge >= 0.3 is 0 Å². The Balaban J connectivity index is 0.000000261. The Morgan fingerprint density at radius 2 is 1.08 bits per heavy atom. The molecule has 0 unspecified atom stereocenters. The van der Waals surface area contributed by atoms with Crippen LogP contribution in [0.3, 0.4) is 0 Å². The quantitative estimate of drug-likeness (QED) is 0.659. The standard InChI is InChI=1S/C8H10.C2H8N2/c1-7-3-5-8(2)6-4-7;3-1-2-4/h3-6H,1-2H3;1-4H2. The minimum Gasteiger partial charge on any atom is -0.329 e. The minimum atomic E-state index is 0.597. The summed E-state index contributed by atoms with van der Waals surface area (Å²) in [6, 6.07) is 8.48. The van der Waals surface area contributed by atoms with Gasteiger partial charge in [-0.2, -0.15) is 0 Å². The third kappa shape index (κ3) is 5.89. The number of aryl methyl sites for hydroxylation is 2. The first kappa shape index (κ1) is 11.1. The van der Waals surface area contributed by atoms with E-state index in [0.29, 0.717) is 13.1 Å². The second-order valence-corrected chi connectivity index (χ2v) is 2.73. The Bertz CT molecular complexity index is 168. The number of rotatable bonds is 1. The molecule has 0 amide bonds. The topological polar surface area (TPSA) is 52.0 Å². The predicted molar refractivity (Wildman–Crippen MR) is 54.0 cm³/mol. The van der Waals surface area contributed by atoms with E-state index >= 15 is 0 Å². The van der Waals surface area contributed by atoms with Gasteiger partial charge in [0, 0.05) is 13.1 Å². The molecule has 0 aromatic heterocycles. The summed E-state index contributed by atoms with van der Waals surface area (Å²) in [6.45, 7) is 5.39. The maximum Gasteiger partial charge on any atom is 0.00461 e. The SMILES string of the molecule is Cc1ccc(C)cc1.NCCN. The molecule has 0 fully saturated rings. The van der Waals surface area contributed by atoms with Crippen molar-refractivity contribution in [3.8, 4) is 0 Å². The van der Waals surface area contributed by atoms with Crippen LogP contribution in [-0.4, -0.2) is 13.1 Å². The van der Waals surface area contributed by atoms with Crippen molar-refractivity contribution in [2.75, 3.05) is 13.1 Å². The molecule has 12 heavy (non-hydrogen) atoms. The monoisotopic (exact) mass is 166 g/mol. The molecule has 2 nitrogen and oxygen atoms in total. The van der Waals surface area contributed by atoms with Gasteiger partial charge in [0.05, 0.1) is 0 Å². The summed E-state index contributed by atoms with van der Waals surface area (Å²) >= 11 is 0. The van der Waals surface area contributed by atoms with Crippen LogP contribution in [0, 0.1) is 13.8 Å². The van der Waals surface area contributed by atoms with Crippen LogP contribution in [0.2, 0.25) is 0 Å². The van der Waals surface area contributed by atoms with Gasteiger partial charge in [-0.3, -0.25) is 0 Å². The highest BCUT2D eigenvalue weighted by atomic mass is 14.6. The molecule has 0 bridgehead atoms. The van der Waals surface area contributed by atoms with Crippen LogP contribution in [0.25, 0.3) is 0 Å². The molecule has 0 spiro atoms. The molecule has 0 aliphatic rings. The summed E-state index contributed by atoms with van der Waals surface area (Å²) in [5, 5.41) is 0. The largest absolute Gasteiger partial charge is 0.329 e. The Kier molecular flexibility index (Phi) is 6.34. The summed E-state index contributed by atoms with van der Waals surface area (Å²) < 4.78 is 0. The van der Waals surface area contributed by atoms with E-state index in [1.807, 2.05) is 0 Å². The third-order valence-corrected chi connectivity index (χ3v) is 1.38. The van der Waals surface area contributed by atoms with E-state index in [0.717, 1.165) is 0 Å². The van der Waals surface area contributed by atoms with Crippen molar-refractivity contribution in [1.82, 2.24) is 0 Å². The molecule has 4 N–H and O–H groups in total. The lowest BCUT2D eigenvalue weighted by molar-refractivity contribution is 0.976. The highest BCUT2D eigenvalue weighted by Gasteiger charge is 1.79. The van der Waals surface area contributed by atoms with E-state index in [4.69, 9.17) is 11.5 Å². The highest BCUT2D eigenvalue weighted by molar-refractivity contribution is 5.19. The Morgan fingerprint density at radius 3 is 1.25 bits per heavy atom. The summed E-state index contributed by atoms with van der Waals surface area (Å²) in [5.41, 5.74) is 12.5. The zero-order chi connectivity index (χ0) is 9.40. The van der Waals surface area contributed by atoms with E-state index in [1.54, 1.807) is 0 Å². The van der Waals surface area contributed by atoms with Crippen LogP contribution in [0.5, 0.6) is 0 Å². The van der Waals surface area contributed by atoms with E-state index in [2.05, 4.69) is 38.1 Å². The van der Waals surface area contributed by atoms with Gasteiger partial charge in [0.2, 0.25) is 0 Å². The fourth-order valence-electron chi connectivity index (χ4n) is 0.637. The fourth-order valence-corrected chi connectivity index (χ4v) is 0.637. The molecule has 0 atom stereocenters. The normalized spacial score (nSPS) is 8.67. The van der Waals surface area contributed by atoms with Crippen molar-refractivity contribution in [2.45, 2.75) is 13.8 Å². The number of benzene rings is 1. The van der Waals surface area contributed by atoms with E-state index in [1.165, 1.54) is 11.1 Å². The van der Waals surface area contributed by atoms with Crippen LogP contribution >= 0.6 is 0 Å². The molecule has 0 heterocycles. The first-order valence-corrected chi connectivity index (χ1v) is 4.14. The van der Waals surface area contributed by atoms with E-state index in [-0.39, 0.29) is 0 Å². The molecule has 1 aromatic carbocycles. The van der Waals surface area contributed by atoms with Crippen molar-refractivity contribution in [1.29, 1.82) is 0 Å². The van der Waals surface area contributed by atoms with Crippen molar-refractivity contribution < 1.29 is 0 Å². The molecule has 0 saturated heterocycles. The first-order chi connectivity index (χ1) is 5.70. The van der Waals surface area contributed by atoms with Gasteiger partial charge in [0.25, 0.3) is 0 Å². The smallest absolute Gasteiger partial charge is 0.00461 e. The van der Waals surface area contributed by atoms with Crippen LogP contribution < -0.4 is 11.5 Å². The van der Waals surface area contributed by atoms with Gasteiger partial charge in [0.15, 0.2) is 0 Å². The fraction of sp³-hybridized carbons (Fsp3) is 0.400. The lowest BCUT2D eigenvalue weighted by Gasteiger charge is -1.90. The molecule has 68 valence electrons. The van der Waals surface area contributed by atoms with Crippen LogP contribution in [0.15, 0.2) is 24.3 Å². The lowest BCUT2D eigenvalue weighted by atomic mass is 10.2. The summed E-state index contributed by atoms with van der Waals surface area (Å²) in [7, 11) is 0. The molecule has 1 rings (SSSR count). The second-order valence-electron chi connectivity index (χ2n) is 2.73. The van der Waals surface area contributed by atoms with E-state index in [9.17, 15) is 0 Å². The number of hydrogen-bond acceptors (Lipinski definition) is 2. The van der Waals surface area contributed by atoms with Gasteiger partial charge in [0.1, 0.15) is 0 Å². The molecule has 0 aliphatic heterocycles. The van der Waals surface area contributed by atoms with Crippen molar-refractivity contribution in [2.24, 2.45) is 11.5 Å². The summed E-state index contributed by atoms with van der Waals surface area (Å²) in [6.07, 6.45) is 0. The van der Waals surface area contributed by atoms with Crippen molar-refractivity contribution in [3.63, 3.8) is 0 Å². The van der Waals surface area contributed by atoms with Gasteiger partial charge in [-0.25, -0.2) is 0 Å². The zero-order valence-corrected chi connectivity index (χ0v) is 7.88. The highest BCUT2D eigenvalue weighted by Crippen LogP contribution is 1.99. The van der Waals surface area contributed by atoms with Gasteiger partial charge in [-0.1, -0.05) is 35.4 Å². The Morgan fingerprint density at radius 1 is 0.833 bits per heavy atom. The van der Waals surface area contributed by atoms with Gasteiger partial charge < -0.3 is 11.5 Å². The average Bonchev–Trinajstić information content (AvgIpc) is 2.11. The second kappa shape index (κ2) is 6.83. The van der Waals surface area contributed by atoms with Crippen LogP contribution in [0.1, 0.15) is 11.1 Å². The lowest BCUT2D eigenvalue weighted by Crippen LogP contribution is -2.11. The molecule has 2 heteroatoms. The molecular weight excluding hydrogens is 148 g/mol. The maximum absolute atomic E-state index is 4.90. The van der Waals surface area contributed by atoms with Crippen LogP contribution in [-0.2, 0) is 0 Å². The molecule has 1 aromatic rings. The Labute approximate surface area is 74.6 Å². The summed E-state index contributed by atoms with van der Waals surface area (Å²) in [4.78, 5) is 0. The number of nitrogens with two attached hydrogens (primary N) is 2. The maximum atomic E-state index is 4.90. The molecule has 0 radical (unpaired) electrons. The van der Waals surface area contributed by atoms with Crippen LogP contribution in [0.4, 0.5) is 0 Å². The predicted octanol–water partition coefficient (Wildman–Crippen LogP) is 1.21. The van der Waals surface area contributed by atoms with Gasteiger partial charge in [-0.15, -0.1) is 0 Å². The summed E-state index contributed by atoms with van der Waals surface area (Å²) in [5.74, 6) is 0. The first-order valence-electron chi connectivity index (χ1n) is 4.14. The van der Waals surface area contributed by atoms with Gasteiger partial charge in [-0.05, 0) is 13.8 Å². The third-order valence-electron chi connectivity index (χ3n) is 1.38. The minimum absolute atomic E-state index is 0.597. The Hall–Kier alpha value is -0.860. The molecular formula is C10H18N2. The van der Waals surface area contributed by atoms with Crippen molar-refractivity contribution >= 4 is 0 Å². The average molecular weight is 166 g/mol. The molecule has 0 saturated carbocycles. The molecule has 0 aliphatic carbocycles. The zero-order valence-electron chi connectivity index (χ0n) is 7.88.